The summed E-state index contributed by atoms with van der Waals surface area (Å²) < 4.78 is 11.2. The zero-order chi connectivity index (χ0) is 27.8. The topological polar surface area (TPSA) is 139 Å². The van der Waals surface area contributed by atoms with E-state index in [1.165, 1.54) is 17.2 Å². The monoisotopic (exact) mass is 527 g/mol. The summed E-state index contributed by atoms with van der Waals surface area (Å²) in [5.74, 6) is -1.76. The van der Waals surface area contributed by atoms with E-state index in [0.29, 0.717) is 19.4 Å². The van der Waals surface area contributed by atoms with E-state index in [1.54, 1.807) is 31.2 Å². The van der Waals surface area contributed by atoms with Crippen LogP contribution in [0.5, 0.6) is 0 Å². The lowest BCUT2D eigenvalue weighted by atomic mass is 9.94. The predicted octanol–water partition coefficient (Wildman–Crippen LogP) is 2.53. The lowest BCUT2D eigenvalue weighted by Crippen LogP contribution is -2.44. The standard InChI is InChI=1S/C28H37N3O7/c1-17(2)26-19(4)9-10-24(34)29-11-5-7-18(3)13-20(32)14-21(33)15-25-30-22(16-37-25)27(35)31-12-6-8-23(31)28(36)38-26/h5,7,9-10,13,16-17,19-20,23,26,32H,6,8,11-12,14-15H2,1-4H3,(H,29,34)/b7-5?,10-9+,18-13?/t19-,20-,23-,26?/m1/s1. The average molecular weight is 528 g/mol. The van der Waals surface area contributed by atoms with Crippen LogP contribution in [-0.4, -0.2) is 69.9 Å². The van der Waals surface area contributed by atoms with Gasteiger partial charge in [0.05, 0.1) is 12.5 Å². The number of rotatable bonds is 1. The first-order valence-electron chi connectivity index (χ1n) is 13.0. The maximum absolute atomic E-state index is 13.2. The second kappa shape index (κ2) is 13.3. The van der Waals surface area contributed by atoms with Gasteiger partial charge < -0.3 is 24.5 Å². The second-order valence-electron chi connectivity index (χ2n) is 10.2. The van der Waals surface area contributed by atoms with Crippen molar-refractivity contribution in [3.8, 4) is 0 Å². The Morgan fingerprint density at radius 2 is 1.95 bits per heavy atom. The normalized spacial score (nSPS) is 27.5. The summed E-state index contributed by atoms with van der Waals surface area (Å²) in [6.07, 6.45) is 8.62. The Morgan fingerprint density at radius 3 is 2.68 bits per heavy atom. The van der Waals surface area contributed by atoms with Crippen molar-refractivity contribution in [3.05, 3.63) is 53.8 Å². The molecule has 2 N–H and O–H groups in total. The number of aliphatic hydroxyl groups is 1. The van der Waals surface area contributed by atoms with Crippen molar-refractivity contribution in [3.63, 3.8) is 0 Å². The van der Waals surface area contributed by atoms with Crippen LogP contribution in [0.15, 0.2) is 46.6 Å². The number of ketones is 1. The van der Waals surface area contributed by atoms with Crippen LogP contribution in [0.2, 0.25) is 0 Å². The van der Waals surface area contributed by atoms with Gasteiger partial charge in [0.15, 0.2) is 5.69 Å². The number of Topliss-reactive ketones (excluding diaryl/α,β-unsaturated/α-hetero) is 1. The Labute approximate surface area is 222 Å². The van der Waals surface area contributed by atoms with Gasteiger partial charge in [-0.15, -0.1) is 0 Å². The van der Waals surface area contributed by atoms with Crippen molar-refractivity contribution in [2.75, 3.05) is 13.1 Å². The molecule has 4 atom stereocenters. The first-order chi connectivity index (χ1) is 18.0. The molecule has 38 heavy (non-hydrogen) atoms. The number of aliphatic hydroxyl groups excluding tert-OH is 1. The predicted molar refractivity (Wildman–Crippen MR) is 139 cm³/mol. The summed E-state index contributed by atoms with van der Waals surface area (Å²) in [7, 11) is 0. The molecule has 0 aliphatic carbocycles. The van der Waals surface area contributed by atoms with Gasteiger partial charge in [-0.1, -0.05) is 50.6 Å². The molecule has 3 heterocycles. The Balaban J connectivity index is 1.85. The minimum Gasteiger partial charge on any atom is -0.460 e. The highest BCUT2D eigenvalue weighted by Gasteiger charge is 2.38. The highest BCUT2D eigenvalue weighted by molar-refractivity contribution is 5.95. The molecule has 2 aliphatic heterocycles. The first-order valence-corrected chi connectivity index (χ1v) is 13.0. The number of allylic oxidation sites excluding steroid dienone is 2. The minimum atomic E-state index is -1.01. The smallest absolute Gasteiger partial charge is 0.329 e. The van der Waals surface area contributed by atoms with E-state index in [-0.39, 0.29) is 54.5 Å². The number of esters is 1. The van der Waals surface area contributed by atoms with E-state index in [9.17, 15) is 24.3 Å². The van der Waals surface area contributed by atoms with Crippen molar-refractivity contribution in [2.45, 2.75) is 71.6 Å². The first kappa shape index (κ1) is 29.0. The van der Waals surface area contributed by atoms with Gasteiger partial charge in [0.25, 0.3) is 5.91 Å². The molecule has 1 aromatic heterocycles. The lowest BCUT2D eigenvalue weighted by Gasteiger charge is -2.29. The van der Waals surface area contributed by atoms with E-state index in [2.05, 4.69) is 10.3 Å². The van der Waals surface area contributed by atoms with Crippen LogP contribution in [0.25, 0.3) is 0 Å². The van der Waals surface area contributed by atoms with Crippen LogP contribution in [0.3, 0.4) is 0 Å². The Morgan fingerprint density at radius 1 is 1.18 bits per heavy atom. The molecule has 0 radical (unpaired) electrons. The zero-order valence-electron chi connectivity index (χ0n) is 22.4. The Hall–Kier alpha value is -3.53. The number of amides is 2. The number of ether oxygens (including phenoxy) is 1. The molecule has 1 fully saturated rings. The maximum atomic E-state index is 13.2. The number of fused-ring (bicyclic) bond motifs is 3. The number of oxazole rings is 1. The third kappa shape index (κ3) is 7.98. The number of carbonyl (C=O) groups excluding carboxylic acids is 4. The quantitative estimate of drug-likeness (QED) is 0.531. The van der Waals surface area contributed by atoms with Gasteiger partial charge in [-0.05, 0) is 31.8 Å². The number of carbonyl (C=O) groups is 4. The van der Waals surface area contributed by atoms with Crippen LogP contribution < -0.4 is 5.32 Å². The number of aromatic nitrogens is 1. The van der Waals surface area contributed by atoms with E-state index < -0.39 is 30.1 Å². The van der Waals surface area contributed by atoms with Crippen molar-refractivity contribution in [1.29, 1.82) is 0 Å². The third-order valence-corrected chi connectivity index (χ3v) is 6.55. The molecule has 0 saturated carbocycles. The number of cyclic esters (lactones) is 1. The summed E-state index contributed by atoms with van der Waals surface area (Å²) in [5, 5.41) is 13.0. The fourth-order valence-electron chi connectivity index (χ4n) is 4.66. The number of nitrogens with one attached hydrogen (secondary N) is 1. The molecule has 2 bridgehead atoms. The van der Waals surface area contributed by atoms with Gasteiger partial charge in [0.2, 0.25) is 11.8 Å². The van der Waals surface area contributed by atoms with Gasteiger partial charge in [0, 0.05) is 25.4 Å². The number of hydrogen-bond acceptors (Lipinski definition) is 8. The average Bonchev–Trinajstić information content (AvgIpc) is 3.52. The second-order valence-corrected chi connectivity index (χ2v) is 10.2. The van der Waals surface area contributed by atoms with Crippen LogP contribution in [0, 0.1) is 11.8 Å². The maximum Gasteiger partial charge on any atom is 0.329 e. The minimum absolute atomic E-state index is 0.00930. The Bertz CT molecular complexity index is 1120. The molecule has 10 nitrogen and oxygen atoms in total. The molecule has 2 amide bonds. The van der Waals surface area contributed by atoms with Crippen LogP contribution in [0.1, 0.15) is 63.3 Å². The molecule has 0 aromatic carbocycles. The molecular formula is C28H37N3O7. The highest BCUT2D eigenvalue weighted by Crippen LogP contribution is 2.25. The van der Waals surface area contributed by atoms with Crippen molar-refractivity contribution < 1.29 is 33.4 Å². The van der Waals surface area contributed by atoms with E-state index in [4.69, 9.17) is 9.15 Å². The molecule has 1 saturated heterocycles. The van der Waals surface area contributed by atoms with Gasteiger partial charge >= 0.3 is 5.97 Å². The number of nitrogens with zero attached hydrogens (tertiary/aromatic N) is 2. The van der Waals surface area contributed by atoms with Crippen molar-refractivity contribution in [1.82, 2.24) is 15.2 Å². The van der Waals surface area contributed by atoms with Crippen molar-refractivity contribution in [2.24, 2.45) is 11.8 Å². The largest absolute Gasteiger partial charge is 0.460 e. The van der Waals surface area contributed by atoms with Crippen molar-refractivity contribution >= 4 is 23.6 Å². The molecule has 10 heteroatoms. The van der Waals surface area contributed by atoms with Crippen LogP contribution >= 0.6 is 0 Å². The SMILES string of the molecule is CC1=C[C@@H](O)CC(=O)Cc2nc(co2)C(=O)N2CCC[C@@H]2C(=O)OC(C(C)C)[C@H](C)/C=C/C(=O)NCC=C1. The van der Waals surface area contributed by atoms with E-state index in [0.717, 1.165) is 5.57 Å². The summed E-state index contributed by atoms with van der Waals surface area (Å²) >= 11 is 0. The van der Waals surface area contributed by atoms with Crippen LogP contribution in [0.4, 0.5) is 0 Å². The van der Waals surface area contributed by atoms with Gasteiger partial charge in [-0.3, -0.25) is 14.4 Å². The zero-order valence-corrected chi connectivity index (χ0v) is 22.4. The molecule has 3 rings (SSSR count). The summed E-state index contributed by atoms with van der Waals surface area (Å²) in [5.41, 5.74) is 0.739. The summed E-state index contributed by atoms with van der Waals surface area (Å²) in [6, 6.07) is -0.761. The fourth-order valence-corrected chi connectivity index (χ4v) is 4.66. The van der Waals surface area contributed by atoms with Gasteiger partial charge in [-0.25, -0.2) is 9.78 Å². The van der Waals surface area contributed by atoms with E-state index >= 15 is 0 Å². The fraction of sp³-hybridized carbons (Fsp3) is 0.536. The molecule has 206 valence electrons. The van der Waals surface area contributed by atoms with Crippen LogP contribution in [-0.2, 0) is 25.5 Å². The summed E-state index contributed by atoms with van der Waals surface area (Å²) in [4.78, 5) is 56.6. The molecule has 1 aromatic rings. The molecular weight excluding hydrogens is 490 g/mol. The lowest BCUT2D eigenvalue weighted by molar-refractivity contribution is -0.158. The van der Waals surface area contributed by atoms with Gasteiger partial charge in [-0.2, -0.15) is 0 Å². The van der Waals surface area contributed by atoms with E-state index in [1.807, 2.05) is 20.8 Å². The summed E-state index contributed by atoms with van der Waals surface area (Å²) in [6.45, 7) is 8.16. The van der Waals surface area contributed by atoms with Gasteiger partial charge in [0.1, 0.15) is 24.2 Å². The highest BCUT2D eigenvalue weighted by atomic mass is 16.5. The number of hydrogen-bond donors (Lipinski definition) is 2. The molecule has 2 aliphatic rings. The molecule has 0 spiro atoms. The Kier molecular flexibility index (Phi) is 10.2. The third-order valence-electron chi connectivity index (χ3n) is 6.55. The molecule has 1 unspecified atom stereocenters.